The van der Waals surface area contributed by atoms with Crippen LogP contribution in [0.3, 0.4) is 0 Å². The molecule has 0 saturated carbocycles. The molecule has 2 aromatic rings. The minimum atomic E-state index is -3.68. The SMILES string of the molecule is COc1ccc(S(=O)(=O)NCC(c2ccco2)N2CCCC2)cc1Cl. The molecule has 0 spiro atoms. The topological polar surface area (TPSA) is 71.8 Å². The third-order valence-corrected chi connectivity index (χ3v) is 6.07. The van der Waals surface area contributed by atoms with Crippen molar-refractivity contribution < 1.29 is 17.6 Å². The van der Waals surface area contributed by atoms with Gasteiger partial charge in [0, 0.05) is 6.54 Å². The number of ether oxygens (including phenoxy) is 1. The van der Waals surface area contributed by atoms with Gasteiger partial charge in [0.2, 0.25) is 10.0 Å². The fourth-order valence-electron chi connectivity index (χ4n) is 3.03. The summed E-state index contributed by atoms with van der Waals surface area (Å²) in [4.78, 5) is 2.35. The second-order valence-corrected chi connectivity index (χ2v) is 8.10. The number of halogens is 1. The first-order valence-corrected chi connectivity index (χ1v) is 9.98. The van der Waals surface area contributed by atoms with Crippen molar-refractivity contribution in [1.82, 2.24) is 9.62 Å². The van der Waals surface area contributed by atoms with Crippen LogP contribution in [0.15, 0.2) is 45.9 Å². The van der Waals surface area contributed by atoms with E-state index in [-0.39, 0.29) is 22.5 Å². The maximum atomic E-state index is 12.6. The second kappa shape index (κ2) is 7.78. The number of hydrogen-bond acceptors (Lipinski definition) is 5. The van der Waals surface area contributed by atoms with Gasteiger partial charge in [-0.3, -0.25) is 4.90 Å². The zero-order chi connectivity index (χ0) is 17.9. The predicted molar refractivity (Wildman–Crippen MR) is 95.4 cm³/mol. The van der Waals surface area contributed by atoms with E-state index in [4.69, 9.17) is 20.8 Å². The first-order chi connectivity index (χ1) is 12.0. The summed E-state index contributed by atoms with van der Waals surface area (Å²) in [5.74, 6) is 1.20. The van der Waals surface area contributed by atoms with Crippen molar-refractivity contribution in [2.75, 3.05) is 26.7 Å². The van der Waals surface area contributed by atoms with Crippen molar-refractivity contribution in [1.29, 1.82) is 0 Å². The molecule has 2 heterocycles. The van der Waals surface area contributed by atoms with Crippen LogP contribution in [0.5, 0.6) is 5.75 Å². The smallest absolute Gasteiger partial charge is 0.240 e. The third-order valence-electron chi connectivity index (χ3n) is 4.35. The Morgan fingerprint density at radius 2 is 2.08 bits per heavy atom. The van der Waals surface area contributed by atoms with Crippen molar-refractivity contribution >= 4 is 21.6 Å². The highest BCUT2D eigenvalue weighted by atomic mass is 35.5. The quantitative estimate of drug-likeness (QED) is 0.794. The summed E-state index contributed by atoms with van der Waals surface area (Å²) < 4.78 is 38.5. The molecule has 1 fully saturated rings. The fourth-order valence-corrected chi connectivity index (χ4v) is 4.42. The molecule has 1 aliphatic rings. The number of rotatable bonds is 7. The predicted octanol–water partition coefficient (Wildman–Crippen LogP) is 3.06. The molecular formula is C17H21ClN2O4S. The van der Waals surface area contributed by atoms with Crippen LogP contribution in [0, 0.1) is 0 Å². The largest absolute Gasteiger partial charge is 0.495 e. The monoisotopic (exact) mass is 384 g/mol. The van der Waals surface area contributed by atoms with Crippen molar-refractivity contribution in [2.45, 2.75) is 23.8 Å². The molecule has 6 nitrogen and oxygen atoms in total. The summed E-state index contributed by atoms with van der Waals surface area (Å²) >= 11 is 6.04. The number of benzene rings is 1. The van der Waals surface area contributed by atoms with Gasteiger partial charge in [-0.1, -0.05) is 11.6 Å². The highest BCUT2D eigenvalue weighted by molar-refractivity contribution is 7.89. The van der Waals surface area contributed by atoms with E-state index in [2.05, 4.69) is 9.62 Å². The summed E-state index contributed by atoms with van der Waals surface area (Å²) in [6, 6.07) is 7.98. The van der Waals surface area contributed by atoms with Gasteiger partial charge in [0.15, 0.2) is 0 Å². The molecule has 3 rings (SSSR count). The van der Waals surface area contributed by atoms with Crippen LogP contribution in [-0.4, -0.2) is 40.1 Å². The molecule has 0 aliphatic carbocycles. The third kappa shape index (κ3) is 4.17. The van der Waals surface area contributed by atoms with E-state index >= 15 is 0 Å². The molecule has 1 atom stereocenters. The lowest BCUT2D eigenvalue weighted by molar-refractivity contribution is 0.216. The molecule has 1 N–H and O–H groups in total. The Labute approximate surface area is 152 Å². The Kier molecular flexibility index (Phi) is 5.68. The van der Waals surface area contributed by atoms with Crippen LogP contribution in [0.25, 0.3) is 0 Å². The summed E-state index contributed by atoms with van der Waals surface area (Å²) in [6.07, 6.45) is 3.83. The van der Waals surface area contributed by atoms with Crippen LogP contribution in [0.1, 0.15) is 24.6 Å². The van der Waals surface area contributed by atoms with Gasteiger partial charge in [-0.25, -0.2) is 13.1 Å². The van der Waals surface area contributed by atoms with Gasteiger partial charge in [0.25, 0.3) is 0 Å². The van der Waals surface area contributed by atoms with Gasteiger partial charge >= 0.3 is 0 Å². The zero-order valence-electron chi connectivity index (χ0n) is 13.9. The Bertz CT molecular complexity index is 802. The highest BCUT2D eigenvalue weighted by Gasteiger charge is 2.27. The lowest BCUT2D eigenvalue weighted by Crippen LogP contribution is -2.36. The summed E-state index contributed by atoms with van der Waals surface area (Å²) in [5.41, 5.74) is 0. The second-order valence-electron chi connectivity index (χ2n) is 5.92. The van der Waals surface area contributed by atoms with Crippen molar-refractivity contribution in [3.8, 4) is 5.75 Å². The van der Waals surface area contributed by atoms with Crippen LogP contribution in [0.2, 0.25) is 5.02 Å². The Morgan fingerprint density at radius 1 is 1.32 bits per heavy atom. The van der Waals surface area contributed by atoms with Crippen LogP contribution < -0.4 is 9.46 Å². The molecule has 1 saturated heterocycles. The van der Waals surface area contributed by atoms with E-state index < -0.39 is 10.0 Å². The number of nitrogens with one attached hydrogen (secondary N) is 1. The van der Waals surface area contributed by atoms with Gasteiger partial charge in [-0.05, 0) is 56.3 Å². The zero-order valence-corrected chi connectivity index (χ0v) is 15.5. The van der Waals surface area contributed by atoms with Crippen molar-refractivity contribution in [3.05, 3.63) is 47.4 Å². The molecule has 0 bridgehead atoms. The van der Waals surface area contributed by atoms with E-state index in [9.17, 15) is 8.42 Å². The minimum absolute atomic E-state index is 0.109. The number of hydrogen-bond donors (Lipinski definition) is 1. The normalized spacial score (nSPS) is 16.9. The molecule has 136 valence electrons. The van der Waals surface area contributed by atoms with E-state index in [1.807, 2.05) is 12.1 Å². The van der Waals surface area contributed by atoms with Crippen molar-refractivity contribution in [3.63, 3.8) is 0 Å². The molecule has 1 aliphatic heterocycles. The summed E-state index contributed by atoms with van der Waals surface area (Å²) in [5, 5.41) is 0.257. The Hall–Kier alpha value is -1.54. The van der Waals surface area contributed by atoms with E-state index in [0.717, 1.165) is 31.7 Å². The van der Waals surface area contributed by atoms with E-state index in [1.165, 1.54) is 19.2 Å². The minimum Gasteiger partial charge on any atom is -0.495 e. The first kappa shape index (κ1) is 18.3. The van der Waals surface area contributed by atoms with Crippen molar-refractivity contribution in [2.24, 2.45) is 0 Å². The van der Waals surface area contributed by atoms with E-state index in [0.29, 0.717) is 5.75 Å². The number of furan rings is 1. The van der Waals surface area contributed by atoms with Gasteiger partial charge in [0.1, 0.15) is 11.5 Å². The molecule has 1 aromatic carbocycles. The average Bonchev–Trinajstić information content (AvgIpc) is 3.29. The molecule has 1 unspecified atom stereocenters. The van der Waals surface area contributed by atoms with Crippen LogP contribution in [0.4, 0.5) is 0 Å². The maximum Gasteiger partial charge on any atom is 0.240 e. The highest BCUT2D eigenvalue weighted by Crippen LogP contribution is 2.28. The molecular weight excluding hydrogens is 364 g/mol. The lowest BCUT2D eigenvalue weighted by Gasteiger charge is -2.26. The lowest BCUT2D eigenvalue weighted by atomic mass is 10.2. The molecule has 0 amide bonds. The number of nitrogens with zero attached hydrogens (tertiary/aromatic N) is 1. The molecule has 1 aromatic heterocycles. The van der Waals surface area contributed by atoms with Gasteiger partial charge in [0.05, 0.1) is 29.3 Å². The van der Waals surface area contributed by atoms with E-state index in [1.54, 1.807) is 12.3 Å². The molecule has 8 heteroatoms. The number of sulfonamides is 1. The van der Waals surface area contributed by atoms with Crippen LogP contribution >= 0.6 is 11.6 Å². The molecule has 0 radical (unpaired) electrons. The summed E-state index contributed by atoms with van der Waals surface area (Å²) in [7, 11) is -2.20. The number of likely N-dealkylation sites (tertiary alicyclic amines) is 1. The fraction of sp³-hybridized carbons (Fsp3) is 0.412. The Balaban J connectivity index is 1.76. The number of methoxy groups -OCH3 is 1. The Morgan fingerprint density at radius 3 is 2.68 bits per heavy atom. The average molecular weight is 385 g/mol. The first-order valence-electron chi connectivity index (χ1n) is 8.12. The van der Waals surface area contributed by atoms with Gasteiger partial charge in [-0.2, -0.15) is 0 Å². The standard InChI is InChI=1S/C17H21ClN2O4S/c1-23-16-7-6-13(11-14(16)18)25(21,22)19-12-15(17-5-4-10-24-17)20-8-2-3-9-20/h4-7,10-11,15,19H,2-3,8-9,12H2,1H3. The van der Waals surface area contributed by atoms with Gasteiger partial charge < -0.3 is 9.15 Å². The summed E-state index contributed by atoms with van der Waals surface area (Å²) in [6.45, 7) is 2.10. The molecule has 25 heavy (non-hydrogen) atoms. The maximum absolute atomic E-state index is 12.6. The van der Waals surface area contributed by atoms with Gasteiger partial charge in [-0.15, -0.1) is 0 Å². The van der Waals surface area contributed by atoms with Crippen LogP contribution in [-0.2, 0) is 10.0 Å².